The van der Waals surface area contributed by atoms with Crippen LogP contribution >= 0.6 is 11.3 Å². The number of nitrogens with one attached hydrogen (secondary N) is 1. The number of hydrogen-bond acceptors (Lipinski definition) is 4. The number of rotatable bonds is 4. The van der Waals surface area contributed by atoms with Gasteiger partial charge in [0.25, 0.3) is 0 Å². The van der Waals surface area contributed by atoms with Crippen molar-refractivity contribution in [3.63, 3.8) is 0 Å². The molecule has 0 radical (unpaired) electrons. The SMILES string of the molecule is CCS(=O)(=O)Nc1sc2c(c1C(=O)O)CCC2. The van der Waals surface area contributed by atoms with Gasteiger partial charge in [0, 0.05) is 4.88 Å². The largest absolute Gasteiger partial charge is 0.478 e. The molecule has 0 saturated heterocycles. The maximum atomic E-state index is 11.5. The van der Waals surface area contributed by atoms with E-state index in [9.17, 15) is 13.2 Å². The van der Waals surface area contributed by atoms with Crippen molar-refractivity contribution in [1.82, 2.24) is 0 Å². The molecule has 2 N–H and O–H groups in total. The summed E-state index contributed by atoms with van der Waals surface area (Å²) in [7, 11) is -3.42. The van der Waals surface area contributed by atoms with Crippen LogP contribution in [0.4, 0.5) is 5.00 Å². The first-order valence-electron chi connectivity index (χ1n) is 5.33. The van der Waals surface area contributed by atoms with Gasteiger partial charge in [-0.1, -0.05) is 0 Å². The van der Waals surface area contributed by atoms with E-state index in [0.717, 1.165) is 29.7 Å². The van der Waals surface area contributed by atoms with Crippen molar-refractivity contribution < 1.29 is 18.3 Å². The molecular weight excluding hydrogens is 262 g/mol. The van der Waals surface area contributed by atoms with Crippen molar-refractivity contribution in [2.75, 3.05) is 10.5 Å². The van der Waals surface area contributed by atoms with Gasteiger partial charge in [-0.05, 0) is 31.7 Å². The number of anilines is 1. The highest BCUT2D eigenvalue weighted by molar-refractivity contribution is 7.92. The Kier molecular flexibility index (Phi) is 3.13. The minimum Gasteiger partial charge on any atom is -0.478 e. The van der Waals surface area contributed by atoms with Crippen LogP contribution < -0.4 is 4.72 Å². The molecule has 0 unspecified atom stereocenters. The number of thiophene rings is 1. The number of aryl methyl sites for hydroxylation is 1. The molecule has 7 heteroatoms. The van der Waals surface area contributed by atoms with Crippen molar-refractivity contribution in [2.24, 2.45) is 0 Å². The van der Waals surface area contributed by atoms with E-state index in [1.54, 1.807) is 0 Å². The molecule has 0 aromatic carbocycles. The summed E-state index contributed by atoms with van der Waals surface area (Å²) in [6.45, 7) is 1.52. The van der Waals surface area contributed by atoms with E-state index < -0.39 is 16.0 Å². The third-order valence-electron chi connectivity index (χ3n) is 2.76. The lowest BCUT2D eigenvalue weighted by Crippen LogP contribution is -2.16. The van der Waals surface area contributed by atoms with E-state index in [1.807, 2.05) is 0 Å². The number of carbonyl (C=O) groups is 1. The van der Waals surface area contributed by atoms with Crippen LogP contribution in [0, 0.1) is 0 Å². The van der Waals surface area contributed by atoms with Gasteiger partial charge < -0.3 is 5.11 Å². The first kappa shape index (κ1) is 12.4. The average molecular weight is 275 g/mol. The van der Waals surface area contributed by atoms with Crippen LogP contribution in [-0.2, 0) is 22.9 Å². The molecule has 5 nitrogen and oxygen atoms in total. The fourth-order valence-corrected chi connectivity index (χ4v) is 4.12. The molecule has 17 heavy (non-hydrogen) atoms. The van der Waals surface area contributed by atoms with Crippen LogP contribution in [0.5, 0.6) is 0 Å². The lowest BCUT2D eigenvalue weighted by atomic mass is 10.1. The second kappa shape index (κ2) is 4.30. The summed E-state index contributed by atoms with van der Waals surface area (Å²) in [5.74, 6) is -1.12. The highest BCUT2D eigenvalue weighted by atomic mass is 32.2. The number of carboxylic acids is 1. The molecule has 2 rings (SSSR count). The van der Waals surface area contributed by atoms with Gasteiger partial charge in [-0.2, -0.15) is 0 Å². The van der Waals surface area contributed by atoms with E-state index in [4.69, 9.17) is 5.11 Å². The summed E-state index contributed by atoms with van der Waals surface area (Å²) in [5, 5.41) is 9.41. The Morgan fingerprint density at radius 1 is 1.47 bits per heavy atom. The summed E-state index contributed by atoms with van der Waals surface area (Å²) in [6, 6.07) is 0. The van der Waals surface area contributed by atoms with Crippen LogP contribution in [0.15, 0.2) is 0 Å². The first-order valence-corrected chi connectivity index (χ1v) is 7.80. The molecule has 0 bridgehead atoms. The molecule has 0 fully saturated rings. The highest BCUT2D eigenvalue weighted by Crippen LogP contribution is 2.39. The molecule has 0 saturated carbocycles. The molecular formula is C10H13NO4S2. The van der Waals surface area contributed by atoms with Crippen molar-refractivity contribution in [1.29, 1.82) is 0 Å². The van der Waals surface area contributed by atoms with Crippen LogP contribution in [-0.4, -0.2) is 25.2 Å². The third kappa shape index (κ3) is 2.30. The van der Waals surface area contributed by atoms with Crippen LogP contribution in [0.3, 0.4) is 0 Å². The van der Waals surface area contributed by atoms with Gasteiger partial charge in [0.2, 0.25) is 10.0 Å². The number of fused-ring (bicyclic) bond motifs is 1. The normalized spacial score (nSPS) is 14.6. The monoisotopic (exact) mass is 275 g/mol. The molecule has 1 aromatic heterocycles. The maximum absolute atomic E-state index is 11.5. The van der Waals surface area contributed by atoms with E-state index in [1.165, 1.54) is 18.3 Å². The fourth-order valence-electron chi connectivity index (χ4n) is 1.92. The van der Waals surface area contributed by atoms with Gasteiger partial charge in [0.1, 0.15) is 5.00 Å². The number of sulfonamides is 1. The van der Waals surface area contributed by atoms with Crippen molar-refractivity contribution >= 4 is 32.3 Å². The predicted octanol–water partition coefficient (Wildman–Crippen LogP) is 1.70. The smallest absolute Gasteiger partial charge is 0.339 e. The van der Waals surface area contributed by atoms with Gasteiger partial charge in [-0.3, -0.25) is 4.72 Å². The highest BCUT2D eigenvalue weighted by Gasteiger charge is 2.27. The minimum absolute atomic E-state index is 0.0609. The second-order valence-corrected chi connectivity index (χ2v) is 6.99. The summed E-state index contributed by atoms with van der Waals surface area (Å²) >= 11 is 1.25. The van der Waals surface area contributed by atoms with Gasteiger partial charge in [-0.25, -0.2) is 13.2 Å². The van der Waals surface area contributed by atoms with E-state index in [2.05, 4.69) is 4.72 Å². The Balaban J connectivity index is 2.45. The Labute approximate surface area is 104 Å². The molecule has 0 aliphatic heterocycles. The summed E-state index contributed by atoms with van der Waals surface area (Å²) in [5.41, 5.74) is 0.941. The zero-order valence-corrected chi connectivity index (χ0v) is 10.9. The zero-order chi connectivity index (χ0) is 12.6. The van der Waals surface area contributed by atoms with E-state index >= 15 is 0 Å². The van der Waals surface area contributed by atoms with Crippen LogP contribution in [0.1, 0.15) is 34.1 Å². The quantitative estimate of drug-likeness (QED) is 0.876. The van der Waals surface area contributed by atoms with Crippen LogP contribution in [0.2, 0.25) is 0 Å². The Morgan fingerprint density at radius 2 is 2.18 bits per heavy atom. The third-order valence-corrected chi connectivity index (χ3v) is 5.38. The van der Waals surface area contributed by atoms with Gasteiger partial charge >= 0.3 is 5.97 Å². The minimum atomic E-state index is -3.42. The van der Waals surface area contributed by atoms with Gasteiger partial charge in [0.05, 0.1) is 11.3 Å². The molecule has 0 spiro atoms. The molecule has 1 aliphatic carbocycles. The van der Waals surface area contributed by atoms with Gasteiger partial charge in [-0.15, -0.1) is 11.3 Å². The fraction of sp³-hybridized carbons (Fsp3) is 0.500. The summed E-state index contributed by atoms with van der Waals surface area (Å²) in [6.07, 6.45) is 2.51. The first-order chi connectivity index (χ1) is 7.94. The van der Waals surface area contributed by atoms with E-state index in [-0.39, 0.29) is 16.3 Å². The Morgan fingerprint density at radius 3 is 2.76 bits per heavy atom. The molecule has 0 atom stereocenters. The molecule has 1 heterocycles. The second-order valence-electron chi connectivity index (χ2n) is 3.87. The molecule has 0 amide bonds. The maximum Gasteiger partial charge on any atom is 0.339 e. The predicted molar refractivity (Wildman–Crippen MR) is 66.4 cm³/mol. The Bertz CT molecular complexity index is 559. The summed E-state index contributed by atoms with van der Waals surface area (Å²) in [4.78, 5) is 12.2. The molecule has 1 aliphatic rings. The van der Waals surface area contributed by atoms with E-state index in [0.29, 0.717) is 0 Å². The van der Waals surface area contributed by atoms with Crippen LogP contribution in [0.25, 0.3) is 0 Å². The molecule has 94 valence electrons. The van der Waals surface area contributed by atoms with Crippen molar-refractivity contribution in [2.45, 2.75) is 26.2 Å². The average Bonchev–Trinajstić information content (AvgIpc) is 2.75. The van der Waals surface area contributed by atoms with Crippen molar-refractivity contribution in [3.8, 4) is 0 Å². The number of hydrogen-bond donors (Lipinski definition) is 2. The number of aromatic carboxylic acids is 1. The van der Waals surface area contributed by atoms with Gasteiger partial charge in [0.15, 0.2) is 0 Å². The Hall–Kier alpha value is -1.08. The standard InChI is InChI=1S/C10H13NO4S2/c1-2-17(14,15)11-9-8(10(12)13)6-4-3-5-7(6)16-9/h11H,2-5H2,1H3,(H,12,13). The lowest BCUT2D eigenvalue weighted by Gasteiger charge is -2.05. The van der Waals surface area contributed by atoms with Crippen molar-refractivity contribution in [3.05, 3.63) is 16.0 Å². The summed E-state index contributed by atoms with van der Waals surface area (Å²) < 4.78 is 25.3. The topological polar surface area (TPSA) is 83.5 Å². The lowest BCUT2D eigenvalue weighted by molar-refractivity contribution is 0.0697. The number of carboxylic acid groups (broad SMARTS) is 1. The molecule has 1 aromatic rings. The zero-order valence-electron chi connectivity index (χ0n) is 9.32.